The highest BCUT2D eigenvalue weighted by Crippen LogP contribution is 2.22. The van der Waals surface area contributed by atoms with E-state index in [1.807, 2.05) is 19.1 Å². The first-order valence-corrected chi connectivity index (χ1v) is 7.42. The van der Waals surface area contributed by atoms with E-state index in [4.69, 9.17) is 4.74 Å². The van der Waals surface area contributed by atoms with Gasteiger partial charge in [0.1, 0.15) is 5.82 Å². The Labute approximate surface area is 121 Å². The monoisotopic (exact) mass is 280 g/mol. The molecule has 0 bridgehead atoms. The normalized spacial score (nSPS) is 19.6. The van der Waals surface area contributed by atoms with E-state index < -0.39 is 0 Å². The van der Waals surface area contributed by atoms with Crippen LogP contribution in [0.2, 0.25) is 0 Å². The molecule has 1 aromatic carbocycles. The van der Waals surface area contributed by atoms with Crippen molar-refractivity contribution in [1.82, 2.24) is 5.32 Å². The van der Waals surface area contributed by atoms with E-state index in [0.29, 0.717) is 18.2 Å². The van der Waals surface area contributed by atoms with E-state index in [2.05, 4.69) is 24.1 Å². The number of hydrogen-bond donors (Lipinski definition) is 1. The number of halogens is 1. The van der Waals surface area contributed by atoms with E-state index in [1.165, 1.54) is 0 Å². The van der Waals surface area contributed by atoms with Gasteiger partial charge in [0.05, 0.1) is 18.4 Å². The van der Waals surface area contributed by atoms with Crippen molar-refractivity contribution in [2.75, 3.05) is 31.1 Å². The van der Waals surface area contributed by atoms with Gasteiger partial charge in [-0.3, -0.25) is 0 Å². The Bertz CT molecular complexity index is 436. The summed E-state index contributed by atoms with van der Waals surface area (Å²) in [5.41, 5.74) is 1.68. The van der Waals surface area contributed by atoms with E-state index in [-0.39, 0.29) is 11.9 Å². The molecule has 1 unspecified atom stereocenters. The minimum Gasteiger partial charge on any atom is -0.375 e. The Morgan fingerprint density at radius 3 is 2.90 bits per heavy atom. The minimum atomic E-state index is -0.136. The predicted octanol–water partition coefficient (Wildman–Crippen LogP) is 2.80. The molecule has 1 aliphatic rings. The van der Waals surface area contributed by atoms with Crippen LogP contribution in [0.3, 0.4) is 0 Å². The maximum atomic E-state index is 14.2. The maximum absolute atomic E-state index is 14.2. The van der Waals surface area contributed by atoms with Crippen LogP contribution in [-0.2, 0) is 11.3 Å². The van der Waals surface area contributed by atoms with Crippen LogP contribution in [0.1, 0.15) is 26.3 Å². The fourth-order valence-electron chi connectivity index (χ4n) is 2.46. The van der Waals surface area contributed by atoms with Gasteiger partial charge < -0.3 is 15.0 Å². The Hall–Kier alpha value is -1.13. The van der Waals surface area contributed by atoms with Crippen molar-refractivity contribution in [2.45, 2.75) is 33.4 Å². The van der Waals surface area contributed by atoms with Crippen molar-refractivity contribution >= 4 is 5.69 Å². The van der Waals surface area contributed by atoms with Crippen molar-refractivity contribution < 1.29 is 9.13 Å². The average molecular weight is 280 g/mol. The van der Waals surface area contributed by atoms with Crippen LogP contribution in [0.15, 0.2) is 18.2 Å². The molecule has 1 saturated heterocycles. The lowest BCUT2D eigenvalue weighted by Crippen LogP contribution is -2.41. The predicted molar refractivity (Wildman–Crippen MR) is 80.6 cm³/mol. The van der Waals surface area contributed by atoms with Gasteiger partial charge in [-0.2, -0.15) is 0 Å². The number of nitrogens with zero attached hydrogens (tertiary/aromatic N) is 1. The van der Waals surface area contributed by atoms with Crippen LogP contribution in [-0.4, -0.2) is 32.3 Å². The van der Waals surface area contributed by atoms with Crippen molar-refractivity contribution in [1.29, 1.82) is 0 Å². The molecule has 0 radical (unpaired) electrons. The summed E-state index contributed by atoms with van der Waals surface area (Å²) in [4.78, 5) is 2.06. The molecule has 4 heteroatoms. The summed E-state index contributed by atoms with van der Waals surface area (Å²) in [5, 5.41) is 3.33. The molecule has 0 spiro atoms. The second-order valence-electron chi connectivity index (χ2n) is 5.94. The topological polar surface area (TPSA) is 24.5 Å². The molecule has 1 aromatic rings. The summed E-state index contributed by atoms with van der Waals surface area (Å²) in [7, 11) is 0. The van der Waals surface area contributed by atoms with Gasteiger partial charge in [-0.25, -0.2) is 4.39 Å². The number of anilines is 1. The lowest BCUT2D eigenvalue weighted by molar-refractivity contribution is 0.0530. The van der Waals surface area contributed by atoms with Crippen LogP contribution in [0.5, 0.6) is 0 Å². The molecule has 1 aliphatic heterocycles. The number of ether oxygens (including phenoxy) is 1. The second-order valence-corrected chi connectivity index (χ2v) is 5.94. The summed E-state index contributed by atoms with van der Waals surface area (Å²) >= 11 is 0. The van der Waals surface area contributed by atoms with Crippen LogP contribution in [0.4, 0.5) is 10.1 Å². The number of morpholine rings is 1. The summed E-state index contributed by atoms with van der Waals surface area (Å²) in [6, 6.07) is 5.54. The lowest BCUT2D eigenvalue weighted by Gasteiger charge is -2.33. The van der Waals surface area contributed by atoms with Gasteiger partial charge in [0.2, 0.25) is 0 Å². The lowest BCUT2D eigenvalue weighted by atomic mass is 10.1. The van der Waals surface area contributed by atoms with Gasteiger partial charge in [0.15, 0.2) is 0 Å². The zero-order valence-electron chi connectivity index (χ0n) is 12.7. The van der Waals surface area contributed by atoms with E-state index >= 15 is 0 Å². The molecular weight excluding hydrogens is 255 g/mol. The zero-order chi connectivity index (χ0) is 14.5. The quantitative estimate of drug-likeness (QED) is 0.897. The number of hydrogen-bond acceptors (Lipinski definition) is 3. The molecule has 1 N–H and O–H groups in total. The highest BCUT2D eigenvalue weighted by molar-refractivity contribution is 5.49. The van der Waals surface area contributed by atoms with Crippen LogP contribution >= 0.6 is 0 Å². The molecule has 0 saturated carbocycles. The highest BCUT2D eigenvalue weighted by atomic mass is 19.1. The van der Waals surface area contributed by atoms with Crippen molar-refractivity contribution in [3.63, 3.8) is 0 Å². The van der Waals surface area contributed by atoms with Gasteiger partial charge in [-0.05, 0) is 37.1 Å². The molecule has 112 valence electrons. The van der Waals surface area contributed by atoms with E-state index in [0.717, 1.165) is 31.7 Å². The number of benzene rings is 1. The maximum Gasteiger partial charge on any atom is 0.146 e. The Morgan fingerprint density at radius 1 is 1.45 bits per heavy atom. The molecule has 0 amide bonds. The van der Waals surface area contributed by atoms with Crippen LogP contribution < -0.4 is 10.2 Å². The van der Waals surface area contributed by atoms with E-state index in [9.17, 15) is 4.39 Å². The summed E-state index contributed by atoms with van der Waals surface area (Å²) in [6.07, 6.45) is 0.163. The van der Waals surface area contributed by atoms with Gasteiger partial charge in [-0.15, -0.1) is 0 Å². The van der Waals surface area contributed by atoms with Crippen molar-refractivity contribution in [2.24, 2.45) is 5.92 Å². The molecule has 0 aliphatic carbocycles. The third kappa shape index (κ3) is 4.18. The molecular formula is C16H25FN2O. The Balaban J connectivity index is 1.98. The second kappa shape index (κ2) is 7.04. The standard InChI is InChI=1S/C16H25FN2O/c1-12(2)9-18-10-14-4-5-16(15(17)8-14)19-6-7-20-13(3)11-19/h4-5,8,12-13,18H,6-7,9-11H2,1-3H3. The zero-order valence-corrected chi connectivity index (χ0v) is 12.7. The van der Waals surface area contributed by atoms with Crippen molar-refractivity contribution in [3.8, 4) is 0 Å². The summed E-state index contributed by atoms with van der Waals surface area (Å²) in [5.74, 6) is 0.469. The van der Waals surface area contributed by atoms with Gasteiger partial charge in [-0.1, -0.05) is 19.9 Å². The SMILES string of the molecule is CC(C)CNCc1ccc(N2CCOC(C)C2)c(F)c1. The van der Waals surface area contributed by atoms with E-state index in [1.54, 1.807) is 6.07 Å². The Kier molecular flexibility index (Phi) is 5.38. The molecule has 20 heavy (non-hydrogen) atoms. The molecule has 1 fully saturated rings. The van der Waals surface area contributed by atoms with Gasteiger partial charge in [0.25, 0.3) is 0 Å². The summed E-state index contributed by atoms with van der Waals surface area (Å²) in [6.45, 7) is 10.2. The first-order valence-electron chi connectivity index (χ1n) is 7.42. The fraction of sp³-hybridized carbons (Fsp3) is 0.625. The van der Waals surface area contributed by atoms with Gasteiger partial charge >= 0.3 is 0 Å². The minimum absolute atomic E-state index is 0.136. The third-order valence-corrected chi connectivity index (χ3v) is 3.48. The van der Waals surface area contributed by atoms with Crippen LogP contribution in [0.25, 0.3) is 0 Å². The molecule has 3 nitrogen and oxygen atoms in total. The third-order valence-electron chi connectivity index (χ3n) is 3.48. The molecule has 0 aromatic heterocycles. The molecule has 1 heterocycles. The highest BCUT2D eigenvalue weighted by Gasteiger charge is 2.19. The summed E-state index contributed by atoms with van der Waals surface area (Å²) < 4.78 is 19.7. The number of rotatable bonds is 5. The molecule has 2 rings (SSSR count). The Morgan fingerprint density at radius 2 is 2.25 bits per heavy atom. The van der Waals surface area contributed by atoms with Crippen molar-refractivity contribution in [3.05, 3.63) is 29.6 Å². The van der Waals surface area contributed by atoms with Crippen LogP contribution in [0, 0.1) is 11.7 Å². The molecule has 1 atom stereocenters. The smallest absolute Gasteiger partial charge is 0.146 e. The average Bonchev–Trinajstić information content (AvgIpc) is 2.38. The van der Waals surface area contributed by atoms with Gasteiger partial charge in [0, 0.05) is 19.6 Å². The number of nitrogens with one attached hydrogen (secondary N) is 1. The first-order chi connectivity index (χ1) is 9.56. The first kappa shape index (κ1) is 15.3. The largest absolute Gasteiger partial charge is 0.375 e. The fourth-order valence-corrected chi connectivity index (χ4v) is 2.46.